The molecule has 0 radical (unpaired) electrons. The van der Waals surface area contributed by atoms with E-state index in [-0.39, 0.29) is 0 Å². The average Bonchev–Trinajstić information content (AvgIpc) is 3.48. The van der Waals surface area contributed by atoms with Gasteiger partial charge in [-0.05, 0) is 43.2 Å². The number of aromatic nitrogens is 4. The lowest BCUT2D eigenvalue weighted by atomic mass is 10.0. The molecule has 4 aromatic rings. The number of nitrogens with zero attached hydrogens (tertiary/aromatic N) is 5. The van der Waals surface area contributed by atoms with Gasteiger partial charge in [0.1, 0.15) is 17.4 Å². The van der Waals surface area contributed by atoms with Crippen LogP contribution in [-0.2, 0) is 0 Å². The predicted molar refractivity (Wildman–Crippen MR) is 98.3 cm³/mol. The summed E-state index contributed by atoms with van der Waals surface area (Å²) in [6.45, 7) is 0. The van der Waals surface area contributed by atoms with Crippen molar-refractivity contribution in [3.63, 3.8) is 0 Å². The van der Waals surface area contributed by atoms with E-state index < -0.39 is 0 Å². The molecule has 0 aromatic carbocycles. The molecular weight excluding hydrogens is 322 g/mol. The van der Waals surface area contributed by atoms with Crippen LogP contribution in [0.5, 0.6) is 0 Å². The molecule has 0 amide bonds. The van der Waals surface area contributed by atoms with Gasteiger partial charge in [0.15, 0.2) is 0 Å². The van der Waals surface area contributed by atoms with Crippen LogP contribution in [0.25, 0.3) is 28.2 Å². The molecule has 1 saturated carbocycles. The number of fused-ring (bicyclic) bond motifs is 1. The van der Waals surface area contributed by atoms with Crippen molar-refractivity contribution in [1.82, 2.24) is 19.4 Å². The highest BCUT2D eigenvalue weighted by Gasteiger charge is 2.25. The standard InChI is InChI=1S/C21H15N5/c22-11-16-12-24-20-9-8-15(13-26(16)20)17-3-2-10-23-21(17)19-5-1-4-18(25-19)14-6-7-14/h1-5,8-10,12-14H,6-7H2. The van der Waals surface area contributed by atoms with E-state index in [9.17, 15) is 5.26 Å². The van der Waals surface area contributed by atoms with Crippen LogP contribution in [0.2, 0.25) is 0 Å². The topological polar surface area (TPSA) is 66.9 Å². The van der Waals surface area contributed by atoms with Crippen molar-refractivity contribution in [2.24, 2.45) is 0 Å². The maximum Gasteiger partial charge on any atom is 0.144 e. The van der Waals surface area contributed by atoms with Crippen LogP contribution in [0.15, 0.2) is 61.1 Å². The van der Waals surface area contributed by atoms with Gasteiger partial charge in [-0.3, -0.25) is 14.4 Å². The highest BCUT2D eigenvalue weighted by molar-refractivity contribution is 5.79. The minimum Gasteiger partial charge on any atom is -0.291 e. The van der Waals surface area contributed by atoms with Crippen molar-refractivity contribution in [3.8, 4) is 28.6 Å². The van der Waals surface area contributed by atoms with Crippen molar-refractivity contribution < 1.29 is 0 Å². The van der Waals surface area contributed by atoms with E-state index in [4.69, 9.17) is 4.98 Å². The third-order valence-electron chi connectivity index (χ3n) is 4.75. The Kier molecular flexibility index (Phi) is 3.29. The summed E-state index contributed by atoms with van der Waals surface area (Å²) in [7, 11) is 0. The summed E-state index contributed by atoms with van der Waals surface area (Å²) in [4.78, 5) is 13.7. The SMILES string of the molecule is N#Cc1cnc2ccc(-c3cccnc3-c3cccc(C4CC4)n3)cn12. The van der Waals surface area contributed by atoms with Crippen molar-refractivity contribution in [3.05, 3.63) is 72.4 Å². The summed E-state index contributed by atoms with van der Waals surface area (Å²) in [5.74, 6) is 0.600. The van der Waals surface area contributed by atoms with Crippen LogP contribution in [0.3, 0.4) is 0 Å². The Hall–Kier alpha value is -3.52. The minimum absolute atomic E-state index is 0.515. The summed E-state index contributed by atoms with van der Waals surface area (Å²) in [5, 5.41) is 9.27. The first-order valence-electron chi connectivity index (χ1n) is 8.63. The molecule has 4 aromatic heterocycles. The molecule has 0 spiro atoms. The van der Waals surface area contributed by atoms with Crippen molar-refractivity contribution in [1.29, 1.82) is 5.26 Å². The normalized spacial score (nSPS) is 13.7. The highest BCUT2D eigenvalue weighted by atomic mass is 15.0. The van der Waals surface area contributed by atoms with E-state index in [0.29, 0.717) is 11.6 Å². The van der Waals surface area contributed by atoms with E-state index in [1.165, 1.54) is 12.8 Å². The lowest BCUT2D eigenvalue weighted by Gasteiger charge is -2.10. The van der Waals surface area contributed by atoms with Gasteiger partial charge in [0.2, 0.25) is 0 Å². The first kappa shape index (κ1) is 14.8. The lowest BCUT2D eigenvalue weighted by molar-refractivity contribution is 1.02. The molecule has 0 saturated heterocycles. The van der Waals surface area contributed by atoms with Crippen molar-refractivity contribution >= 4 is 5.65 Å². The Bertz CT molecular complexity index is 1160. The fraction of sp³-hybridized carbons (Fsp3) is 0.143. The summed E-state index contributed by atoms with van der Waals surface area (Å²) < 4.78 is 1.81. The predicted octanol–water partition coefficient (Wildman–Crippen LogP) is 4.21. The molecule has 0 atom stereocenters. The monoisotopic (exact) mass is 337 g/mol. The molecular formula is C21H15N5. The van der Waals surface area contributed by atoms with Crippen LogP contribution >= 0.6 is 0 Å². The summed E-state index contributed by atoms with van der Waals surface area (Å²) in [5.41, 5.74) is 6.13. The molecule has 1 aliphatic carbocycles. The number of hydrogen-bond acceptors (Lipinski definition) is 4. The number of pyridine rings is 3. The fourth-order valence-electron chi connectivity index (χ4n) is 3.25. The first-order valence-corrected chi connectivity index (χ1v) is 8.63. The van der Waals surface area contributed by atoms with E-state index in [1.54, 1.807) is 16.8 Å². The fourth-order valence-corrected chi connectivity index (χ4v) is 3.25. The minimum atomic E-state index is 0.515. The molecule has 0 bridgehead atoms. The Morgan fingerprint density at radius 3 is 2.81 bits per heavy atom. The maximum absolute atomic E-state index is 9.27. The zero-order valence-corrected chi connectivity index (χ0v) is 14.0. The molecule has 5 heteroatoms. The third-order valence-corrected chi connectivity index (χ3v) is 4.75. The smallest absolute Gasteiger partial charge is 0.144 e. The molecule has 124 valence electrons. The van der Waals surface area contributed by atoms with Gasteiger partial charge in [0, 0.05) is 35.1 Å². The van der Waals surface area contributed by atoms with Gasteiger partial charge >= 0.3 is 0 Å². The van der Waals surface area contributed by atoms with Crippen LogP contribution in [0.1, 0.15) is 30.1 Å². The summed E-state index contributed by atoms with van der Waals surface area (Å²) in [6, 6.07) is 16.2. The van der Waals surface area contributed by atoms with E-state index in [0.717, 1.165) is 33.9 Å². The largest absolute Gasteiger partial charge is 0.291 e. The molecule has 0 unspecified atom stereocenters. The Morgan fingerprint density at radius 2 is 1.96 bits per heavy atom. The second-order valence-electron chi connectivity index (χ2n) is 6.52. The van der Waals surface area contributed by atoms with Gasteiger partial charge in [-0.2, -0.15) is 5.26 Å². The molecule has 1 aliphatic rings. The van der Waals surface area contributed by atoms with Crippen LogP contribution < -0.4 is 0 Å². The van der Waals surface area contributed by atoms with Crippen LogP contribution in [0.4, 0.5) is 0 Å². The Morgan fingerprint density at radius 1 is 1.04 bits per heavy atom. The summed E-state index contributed by atoms with van der Waals surface area (Å²) in [6.07, 6.45) is 7.76. The molecule has 4 heterocycles. The van der Waals surface area contributed by atoms with Gasteiger partial charge in [0.05, 0.1) is 17.6 Å². The highest BCUT2D eigenvalue weighted by Crippen LogP contribution is 2.40. The van der Waals surface area contributed by atoms with Gasteiger partial charge < -0.3 is 0 Å². The van der Waals surface area contributed by atoms with Gasteiger partial charge in [0.25, 0.3) is 0 Å². The van der Waals surface area contributed by atoms with Gasteiger partial charge in [-0.15, -0.1) is 0 Å². The molecule has 0 N–H and O–H groups in total. The third kappa shape index (κ3) is 2.44. The van der Waals surface area contributed by atoms with Crippen molar-refractivity contribution in [2.75, 3.05) is 0 Å². The quantitative estimate of drug-likeness (QED) is 0.562. The summed E-state index contributed by atoms with van der Waals surface area (Å²) >= 11 is 0. The zero-order chi connectivity index (χ0) is 17.5. The molecule has 1 fully saturated rings. The maximum atomic E-state index is 9.27. The van der Waals surface area contributed by atoms with Crippen molar-refractivity contribution in [2.45, 2.75) is 18.8 Å². The number of imidazole rings is 1. The van der Waals surface area contributed by atoms with Crippen LogP contribution in [0, 0.1) is 11.3 Å². The Labute approximate surface area is 150 Å². The van der Waals surface area contributed by atoms with E-state index in [1.807, 2.05) is 36.5 Å². The van der Waals surface area contributed by atoms with Gasteiger partial charge in [-0.25, -0.2) is 4.98 Å². The number of hydrogen-bond donors (Lipinski definition) is 0. The lowest BCUT2D eigenvalue weighted by Crippen LogP contribution is -1.96. The van der Waals surface area contributed by atoms with E-state index >= 15 is 0 Å². The molecule has 5 nitrogen and oxygen atoms in total. The average molecular weight is 337 g/mol. The number of rotatable bonds is 3. The number of nitriles is 1. The molecule has 26 heavy (non-hydrogen) atoms. The Balaban J connectivity index is 1.67. The second kappa shape index (κ2) is 5.78. The van der Waals surface area contributed by atoms with Gasteiger partial charge in [-0.1, -0.05) is 12.1 Å². The first-order chi connectivity index (χ1) is 12.8. The zero-order valence-electron chi connectivity index (χ0n) is 14.0. The van der Waals surface area contributed by atoms with E-state index in [2.05, 4.69) is 28.2 Å². The van der Waals surface area contributed by atoms with Crippen LogP contribution in [-0.4, -0.2) is 19.4 Å². The second-order valence-corrected chi connectivity index (χ2v) is 6.52. The molecule has 0 aliphatic heterocycles. The molecule has 5 rings (SSSR count).